The van der Waals surface area contributed by atoms with Gasteiger partial charge in [-0.05, 0) is 12.8 Å². The summed E-state index contributed by atoms with van der Waals surface area (Å²) < 4.78 is 43.4. The average Bonchev–Trinajstić information content (AvgIpc) is 3.09. The quantitative estimate of drug-likeness (QED) is 0.560. The summed E-state index contributed by atoms with van der Waals surface area (Å²) in [6.45, 7) is 0. The fourth-order valence-corrected chi connectivity index (χ4v) is 1.59. The van der Waals surface area contributed by atoms with Crippen LogP contribution in [0.1, 0.15) is 12.8 Å². The van der Waals surface area contributed by atoms with Crippen LogP contribution in [0.4, 0.5) is 24.8 Å². The molecule has 0 saturated heterocycles. The highest BCUT2D eigenvalue weighted by Crippen LogP contribution is 2.52. The molecule has 1 aromatic rings. The largest absolute Gasteiger partial charge is 0.490 e. The second-order valence-corrected chi connectivity index (χ2v) is 3.95. The number of aromatic nitrogens is 2. The highest BCUT2D eigenvalue weighted by molar-refractivity contribution is 5.64. The van der Waals surface area contributed by atoms with Gasteiger partial charge in [-0.25, -0.2) is 15.8 Å². The lowest BCUT2D eigenvalue weighted by molar-refractivity contribution is -0.151. The zero-order chi connectivity index (χ0) is 13.4. The summed E-state index contributed by atoms with van der Waals surface area (Å²) in [6.07, 6.45) is -3.21. The number of ether oxygens (including phenoxy) is 1. The number of nitrogens with two attached hydrogens (primary N) is 1. The van der Waals surface area contributed by atoms with Gasteiger partial charge in [0.05, 0.1) is 7.11 Å². The number of hydrogen-bond acceptors (Lipinski definition) is 6. The van der Waals surface area contributed by atoms with Gasteiger partial charge in [0.25, 0.3) is 0 Å². The molecule has 1 heterocycles. The normalized spacial score (nSPS) is 17.2. The monoisotopic (exact) mass is 263 g/mol. The summed E-state index contributed by atoms with van der Waals surface area (Å²) in [4.78, 5) is 7.50. The zero-order valence-corrected chi connectivity index (χ0v) is 9.51. The Morgan fingerprint density at radius 1 is 1.33 bits per heavy atom. The number of nitrogens with zero attached hydrogens (tertiary/aromatic N) is 2. The van der Waals surface area contributed by atoms with Gasteiger partial charge in [-0.15, -0.1) is 0 Å². The maximum Gasteiger partial charge on any atom is 0.411 e. The molecule has 1 saturated carbocycles. The van der Waals surface area contributed by atoms with Crippen molar-refractivity contribution in [3.63, 3.8) is 0 Å². The van der Waals surface area contributed by atoms with Crippen LogP contribution in [0, 0.1) is 0 Å². The van der Waals surface area contributed by atoms with E-state index < -0.39 is 11.7 Å². The lowest BCUT2D eigenvalue weighted by Gasteiger charge is -2.22. The standard InChI is InChI=1S/C9H12F3N5O/c1-18-5-6(14-4-15-7(5)17-13)16-8(2-3-8)9(10,11)12/h4H,2-3,13H2,1H3,(H2,14,15,16,17). The summed E-state index contributed by atoms with van der Waals surface area (Å²) >= 11 is 0. The lowest BCUT2D eigenvalue weighted by Crippen LogP contribution is -2.39. The van der Waals surface area contributed by atoms with Gasteiger partial charge < -0.3 is 15.5 Å². The summed E-state index contributed by atoms with van der Waals surface area (Å²) in [5.74, 6) is 5.33. The highest BCUT2D eigenvalue weighted by Gasteiger charge is 2.64. The van der Waals surface area contributed by atoms with Gasteiger partial charge in [-0.3, -0.25) is 0 Å². The van der Waals surface area contributed by atoms with Crippen molar-refractivity contribution < 1.29 is 17.9 Å². The van der Waals surface area contributed by atoms with Crippen molar-refractivity contribution in [2.24, 2.45) is 5.84 Å². The second kappa shape index (κ2) is 4.16. The molecule has 0 spiro atoms. The van der Waals surface area contributed by atoms with Gasteiger partial charge in [0.15, 0.2) is 11.6 Å². The van der Waals surface area contributed by atoms with Crippen LogP contribution in [0.2, 0.25) is 0 Å². The van der Waals surface area contributed by atoms with Crippen LogP contribution in [0.25, 0.3) is 0 Å². The number of rotatable bonds is 4. The van der Waals surface area contributed by atoms with Crippen LogP contribution >= 0.6 is 0 Å². The van der Waals surface area contributed by atoms with Crippen molar-refractivity contribution in [3.8, 4) is 5.75 Å². The molecule has 6 nitrogen and oxygen atoms in total. The molecule has 1 fully saturated rings. The summed E-state index contributed by atoms with van der Waals surface area (Å²) in [6, 6.07) is 0. The first kappa shape index (κ1) is 12.7. The number of methoxy groups -OCH3 is 1. The summed E-state index contributed by atoms with van der Waals surface area (Å²) in [5, 5.41) is 2.37. The molecule has 0 amide bonds. The third-order valence-corrected chi connectivity index (χ3v) is 2.79. The molecule has 0 atom stereocenters. The van der Waals surface area contributed by atoms with Crippen molar-refractivity contribution in [1.82, 2.24) is 9.97 Å². The van der Waals surface area contributed by atoms with E-state index >= 15 is 0 Å². The molecule has 0 bridgehead atoms. The maximum absolute atomic E-state index is 12.8. The van der Waals surface area contributed by atoms with Crippen LogP contribution in [-0.2, 0) is 0 Å². The van der Waals surface area contributed by atoms with Crippen molar-refractivity contribution in [1.29, 1.82) is 0 Å². The molecule has 0 radical (unpaired) electrons. The van der Waals surface area contributed by atoms with Gasteiger partial charge >= 0.3 is 6.18 Å². The van der Waals surface area contributed by atoms with Crippen molar-refractivity contribution in [2.45, 2.75) is 24.6 Å². The molecule has 18 heavy (non-hydrogen) atoms. The van der Waals surface area contributed by atoms with E-state index in [9.17, 15) is 13.2 Å². The number of nitrogens with one attached hydrogen (secondary N) is 2. The number of hydrogen-bond donors (Lipinski definition) is 3. The highest BCUT2D eigenvalue weighted by atomic mass is 19.4. The summed E-state index contributed by atoms with van der Waals surface area (Å²) in [7, 11) is 1.30. The predicted octanol–water partition coefficient (Wildman–Crippen LogP) is 1.28. The van der Waals surface area contributed by atoms with E-state index in [1.165, 1.54) is 7.11 Å². The van der Waals surface area contributed by atoms with Crippen LogP contribution in [0.3, 0.4) is 0 Å². The first-order chi connectivity index (χ1) is 8.43. The van der Waals surface area contributed by atoms with E-state index in [1.54, 1.807) is 0 Å². The molecular formula is C9H12F3N5O. The molecular weight excluding hydrogens is 251 g/mol. The van der Waals surface area contributed by atoms with E-state index in [-0.39, 0.29) is 30.2 Å². The van der Waals surface area contributed by atoms with Gasteiger partial charge in [0.1, 0.15) is 11.9 Å². The van der Waals surface area contributed by atoms with Gasteiger partial charge in [0.2, 0.25) is 5.75 Å². The molecule has 0 unspecified atom stereocenters. The molecule has 0 aliphatic heterocycles. The Kier molecular flexibility index (Phi) is 2.93. The SMILES string of the molecule is COc1c(NN)ncnc1NC1(C(F)(F)F)CC1. The Balaban J connectivity index is 2.30. The maximum atomic E-state index is 12.8. The zero-order valence-electron chi connectivity index (χ0n) is 9.51. The minimum Gasteiger partial charge on any atom is -0.490 e. The number of hydrazine groups is 1. The van der Waals surface area contributed by atoms with E-state index in [1.807, 2.05) is 0 Å². The Morgan fingerprint density at radius 2 is 1.94 bits per heavy atom. The first-order valence-electron chi connectivity index (χ1n) is 5.14. The third kappa shape index (κ3) is 2.01. The molecule has 4 N–H and O–H groups in total. The Labute approximate surface area is 101 Å². The molecule has 1 aromatic heterocycles. The van der Waals surface area contributed by atoms with E-state index in [0.29, 0.717) is 0 Å². The van der Waals surface area contributed by atoms with Gasteiger partial charge in [-0.1, -0.05) is 0 Å². The van der Waals surface area contributed by atoms with E-state index in [4.69, 9.17) is 10.6 Å². The molecule has 100 valence electrons. The smallest absolute Gasteiger partial charge is 0.411 e. The lowest BCUT2D eigenvalue weighted by atomic mass is 10.2. The molecule has 9 heteroatoms. The van der Waals surface area contributed by atoms with Crippen LogP contribution in [0.15, 0.2) is 6.33 Å². The van der Waals surface area contributed by atoms with Gasteiger partial charge in [0, 0.05) is 0 Å². The molecule has 2 rings (SSSR count). The Hall–Kier alpha value is -1.77. The van der Waals surface area contributed by atoms with Crippen LogP contribution in [-0.4, -0.2) is 28.8 Å². The van der Waals surface area contributed by atoms with Crippen molar-refractivity contribution in [2.75, 3.05) is 17.9 Å². The van der Waals surface area contributed by atoms with E-state index in [2.05, 4.69) is 20.7 Å². The molecule has 1 aliphatic rings. The predicted molar refractivity (Wildman–Crippen MR) is 58.0 cm³/mol. The second-order valence-electron chi connectivity index (χ2n) is 3.95. The molecule has 1 aliphatic carbocycles. The minimum atomic E-state index is -4.33. The minimum absolute atomic E-state index is 0.00897. The first-order valence-corrected chi connectivity index (χ1v) is 5.14. The Morgan fingerprint density at radius 3 is 2.39 bits per heavy atom. The van der Waals surface area contributed by atoms with Gasteiger partial charge in [-0.2, -0.15) is 13.2 Å². The average molecular weight is 263 g/mol. The fourth-order valence-electron chi connectivity index (χ4n) is 1.59. The molecule has 0 aromatic carbocycles. The van der Waals surface area contributed by atoms with Crippen LogP contribution < -0.4 is 21.3 Å². The number of alkyl halides is 3. The van der Waals surface area contributed by atoms with E-state index in [0.717, 1.165) is 6.33 Å². The fraction of sp³-hybridized carbons (Fsp3) is 0.556. The van der Waals surface area contributed by atoms with Crippen molar-refractivity contribution >= 4 is 11.6 Å². The van der Waals surface area contributed by atoms with Crippen molar-refractivity contribution in [3.05, 3.63) is 6.33 Å². The Bertz CT molecular complexity index is 446. The van der Waals surface area contributed by atoms with Crippen LogP contribution in [0.5, 0.6) is 5.75 Å². The third-order valence-electron chi connectivity index (χ3n) is 2.79. The number of anilines is 2. The number of halogens is 3. The topological polar surface area (TPSA) is 85.1 Å². The number of nitrogen functional groups attached to an aromatic ring is 1. The summed E-state index contributed by atoms with van der Waals surface area (Å²) in [5.41, 5.74) is 0.318.